The molecule has 7 nitrogen and oxygen atoms in total. The van der Waals surface area contributed by atoms with Crippen LogP contribution in [0.1, 0.15) is 76.4 Å². The number of methoxy groups -OCH3 is 1. The molecule has 31 heavy (non-hydrogen) atoms. The van der Waals surface area contributed by atoms with E-state index in [0.29, 0.717) is 30.0 Å². The number of hydrogen-bond donors (Lipinski definition) is 1. The number of benzene rings is 1. The molecule has 2 saturated heterocycles. The number of aryl methyl sites for hydroxylation is 1. The summed E-state index contributed by atoms with van der Waals surface area (Å²) in [6.07, 6.45) is 7.96. The third kappa shape index (κ3) is 4.45. The molecule has 1 aromatic carbocycles. The van der Waals surface area contributed by atoms with Gasteiger partial charge in [-0.3, -0.25) is 14.7 Å². The number of carbonyl (C=O) groups is 2. The number of carbonyl (C=O) groups excluding carboxylic acids is 2. The lowest BCUT2D eigenvalue weighted by Gasteiger charge is -2.33. The SMILES string of the molecule is COc1c(C)cccc1C(=O)N1CCC[C@H](c2[nH]ncc2C(=O)N2CCCCCC2)C1. The molecule has 1 N–H and O–H groups in total. The molecule has 4 rings (SSSR count). The number of piperidine rings is 1. The van der Waals surface area contributed by atoms with Crippen LogP contribution in [-0.4, -0.2) is 65.1 Å². The molecule has 1 atom stereocenters. The van der Waals surface area contributed by atoms with Gasteiger partial charge in [0, 0.05) is 32.1 Å². The van der Waals surface area contributed by atoms with Gasteiger partial charge in [0.2, 0.25) is 0 Å². The predicted molar refractivity (Wildman–Crippen MR) is 119 cm³/mol. The molecule has 0 saturated carbocycles. The molecule has 2 aliphatic heterocycles. The Morgan fingerprint density at radius 1 is 1.00 bits per heavy atom. The van der Waals surface area contributed by atoms with Gasteiger partial charge in [0.05, 0.1) is 30.1 Å². The Kier molecular flexibility index (Phi) is 6.59. The van der Waals surface area contributed by atoms with Crippen LogP contribution in [0, 0.1) is 6.92 Å². The molecular weight excluding hydrogens is 392 g/mol. The summed E-state index contributed by atoms with van der Waals surface area (Å²) in [6, 6.07) is 5.65. The van der Waals surface area contributed by atoms with Crippen molar-refractivity contribution in [2.75, 3.05) is 33.3 Å². The number of nitrogens with zero attached hydrogens (tertiary/aromatic N) is 3. The van der Waals surface area contributed by atoms with Crippen molar-refractivity contribution < 1.29 is 14.3 Å². The minimum Gasteiger partial charge on any atom is -0.496 e. The van der Waals surface area contributed by atoms with Gasteiger partial charge in [-0.25, -0.2) is 0 Å². The Hall–Kier alpha value is -2.83. The van der Waals surface area contributed by atoms with Crippen LogP contribution in [0.25, 0.3) is 0 Å². The number of hydrogen-bond acceptors (Lipinski definition) is 4. The highest BCUT2D eigenvalue weighted by Gasteiger charge is 2.31. The largest absolute Gasteiger partial charge is 0.496 e. The monoisotopic (exact) mass is 424 g/mol. The smallest absolute Gasteiger partial charge is 0.257 e. The number of para-hydroxylation sites is 1. The fourth-order valence-electron chi connectivity index (χ4n) is 4.88. The highest BCUT2D eigenvalue weighted by atomic mass is 16.5. The molecule has 0 spiro atoms. The number of amides is 2. The Labute approximate surface area is 183 Å². The first-order valence-corrected chi connectivity index (χ1v) is 11.4. The second-order valence-electron chi connectivity index (χ2n) is 8.65. The molecule has 0 bridgehead atoms. The summed E-state index contributed by atoms with van der Waals surface area (Å²) in [5.74, 6) is 0.745. The number of nitrogens with one attached hydrogen (secondary N) is 1. The van der Waals surface area contributed by atoms with Crippen LogP contribution in [0.5, 0.6) is 5.75 Å². The fourth-order valence-corrected chi connectivity index (χ4v) is 4.88. The zero-order chi connectivity index (χ0) is 21.8. The van der Waals surface area contributed by atoms with E-state index in [1.54, 1.807) is 13.3 Å². The number of H-pyrrole nitrogens is 1. The summed E-state index contributed by atoms with van der Waals surface area (Å²) in [5, 5.41) is 7.29. The van der Waals surface area contributed by atoms with E-state index in [0.717, 1.165) is 50.0 Å². The van der Waals surface area contributed by atoms with Crippen molar-refractivity contribution in [2.24, 2.45) is 0 Å². The summed E-state index contributed by atoms with van der Waals surface area (Å²) in [7, 11) is 1.60. The Bertz CT molecular complexity index is 931. The topological polar surface area (TPSA) is 78.5 Å². The summed E-state index contributed by atoms with van der Waals surface area (Å²) in [4.78, 5) is 30.3. The van der Waals surface area contributed by atoms with E-state index in [4.69, 9.17) is 4.74 Å². The number of aromatic amines is 1. The number of aromatic nitrogens is 2. The highest BCUT2D eigenvalue weighted by Crippen LogP contribution is 2.31. The van der Waals surface area contributed by atoms with Gasteiger partial charge in [0.1, 0.15) is 5.75 Å². The first-order valence-electron chi connectivity index (χ1n) is 11.4. The van der Waals surface area contributed by atoms with Gasteiger partial charge in [0.15, 0.2) is 0 Å². The molecule has 0 radical (unpaired) electrons. The van der Waals surface area contributed by atoms with Gasteiger partial charge in [-0.2, -0.15) is 5.10 Å². The molecule has 3 heterocycles. The van der Waals surface area contributed by atoms with E-state index in [1.165, 1.54) is 12.8 Å². The molecule has 2 aromatic rings. The van der Waals surface area contributed by atoms with E-state index in [-0.39, 0.29) is 17.7 Å². The van der Waals surface area contributed by atoms with Crippen LogP contribution >= 0.6 is 0 Å². The third-order valence-electron chi connectivity index (χ3n) is 6.56. The first kappa shape index (κ1) is 21.4. The van der Waals surface area contributed by atoms with Gasteiger partial charge < -0.3 is 14.5 Å². The van der Waals surface area contributed by atoms with E-state index >= 15 is 0 Å². The lowest BCUT2D eigenvalue weighted by molar-refractivity contribution is 0.0701. The van der Waals surface area contributed by atoms with Gasteiger partial charge in [-0.1, -0.05) is 25.0 Å². The van der Waals surface area contributed by atoms with E-state index < -0.39 is 0 Å². The standard InChI is InChI=1S/C24H32N4O3/c1-17-9-7-11-19(22(17)31-2)23(29)28-14-8-10-18(16-28)21-20(15-25-26-21)24(30)27-12-5-3-4-6-13-27/h7,9,11,15,18H,3-6,8,10,12-14,16H2,1-2H3,(H,25,26)/t18-/m0/s1. The van der Waals surface area contributed by atoms with Crippen LogP contribution in [-0.2, 0) is 0 Å². The molecular formula is C24H32N4O3. The van der Waals surface area contributed by atoms with Gasteiger partial charge in [-0.15, -0.1) is 0 Å². The molecule has 0 unspecified atom stereocenters. The number of rotatable bonds is 4. The van der Waals surface area contributed by atoms with Crippen molar-refractivity contribution in [3.63, 3.8) is 0 Å². The fraction of sp³-hybridized carbons (Fsp3) is 0.542. The van der Waals surface area contributed by atoms with Crippen molar-refractivity contribution in [2.45, 2.75) is 51.4 Å². The van der Waals surface area contributed by atoms with E-state index in [9.17, 15) is 9.59 Å². The lowest BCUT2D eigenvalue weighted by Crippen LogP contribution is -2.40. The Balaban J connectivity index is 1.52. The van der Waals surface area contributed by atoms with Crippen molar-refractivity contribution in [1.29, 1.82) is 0 Å². The van der Waals surface area contributed by atoms with Crippen molar-refractivity contribution >= 4 is 11.8 Å². The van der Waals surface area contributed by atoms with Crippen molar-refractivity contribution in [1.82, 2.24) is 20.0 Å². The van der Waals surface area contributed by atoms with E-state index in [1.807, 2.05) is 34.9 Å². The molecule has 7 heteroatoms. The van der Waals surface area contributed by atoms with Crippen LogP contribution in [0.4, 0.5) is 0 Å². The van der Waals surface area contributed by atoms with Gasteiger partial charge >= 0.3 is 0 Å². The second kappa shape index (κ2) is 9.54. The molecule has 1 aromatic heterocycles. The molecule has 0 aliphatic carbocycles. The predicted octanol–water partition coefficient (Wildman–Crippen LogP) is 3.76. The molecule has 2 fully saturated rings. The quantitative estimate of drug-likeness (QED) is 0.811. The second-order valence-corrected chi connectivity index (χ2v) is 8.65. The van der Waals surface area contributed by atoms with Gasteiger partial charge in [0.25, 0.3) is 11.8 Å². The van der Waals surface area contributed by atoms with Crippen LogP contribution < -0.4 is 4.74 Å². The maximum absolute atomic E-state index is 13.3. The summed E-state index contributed by atoms with van der Waals surface area (Å²) < 4.78 is 5.50. The first-order chi connectivity index (χ1) is 15.1. The molecule has 166 valence electrons. The summed E-state index contributed by atoms with van der Waals surface area (Å²) in [5.41, 5.74) is 3.06. The molecule has 2 aliphatic rings. The lowest BCUT2D eigenvalue weighted by atomic mass is 9.91. The summed E-state index contributed by atoms with van der Waals surface area (Å²) >= 11 is 0. The zero-order valence-electron chi connectivity index (χ0n) is 18.5. The van der Waals surface area contributed by atoms with Gasteiger partial charge in [-0.05, 0) is 44.2 Å². The average molecular weight is 425 g/mol. The third-order valence-corrected chi connectivity index (χ3v) is 6.56. The summed E-state index contributed by atoms with van der Waals surface area (Å²) in [6.45, 7) is 4.84. The maximum Gasteiger partial charge on any atom is 0.257 e. The van der Waals surface area contributed by atoms with Crippen molar-refractivity contribution in [3.8, 4) is 5.75 Å². The zero-order valence-corrected chi connectivity index (χ0v) is 18.5. The van der Waals surface area contributed by atoms with E-state index in [2.05, 4.69) is 10.2 Å². The maximum atomic E-state index is 13.3. The van der Waals surface area contributed by atoms with Crippen LogP contribution in [0.15, 0.2) is 24.4 Å². The Morgan fingerprint density at radius 3 is 2.45 bits per heavy atom. The van der Waals surface area contributed by atoms with Crippen molar-refractivity contribution in [3.05, 3.63) is 46.8 Å². The number of ether oxygens (including phenoxy) is 1. The van der Waals surface area contributed by atoms with Crippen LogP contribution in [0.2, 0.25) is 0 Å². The minimum atomic E-state index is -0.0230. The normalized spacial score (nSPS) is 19.7. The molecule has 2 amide bonds. The average Bonchev–Trinajstić information content (AvgIpc) is 3.13. The highest BCUT2D eigenvalue weighted by molar-refractivity contribution is 5.98. The van der Waals surface area contributed by atoms with Crippen LogP contribution in [0.3, 0.4) is 0 Å². The minimum absolute atomic E-state index is 0.0230. The Morgan fingerprint density at radius 2 is 1.71 bits per heavy atom. The number of likely N-dealkylation sites (tertiary alicyclic amines) is 2.